The lowest BCUT2D eigenvalue weighted by Crippen LogP contribution is -2.50. The molecule has 1 aliphatic heterocycles. The van der Waals surface area contributed by atoms with Crippen LogP contribution in [0.4, 0.5) is 36.4 Å². The SMILES string of the molecule is CSCC(C)(C)NC1c2c(Cl)cccc2C(=O)N1c1ccc(C(F)(C(F)(F)F)C(F)(F)F)cc1C. The number of anilines is 1. The number of fused-ring (bicyclic) bond motifs is 1. The highest BCUT2D eigenvalue weighted by molar-refractivity contribution is 7.98. The summed E-state index contributed by atoms with van der Waals surface area (Å²) in [4.78, 5) is 14.6. The van der Waals surface area contributed by atoms with Gasteiger partial charge in [-0.1, -0.05) is 29.8 Å². The number of rotatable bonds is 6. The van der Waals surface area contributed by atoms with Gasteiger partial charge in [0.15, 0.2) is 0 Å². The van der Waals surface area contributed by atoms with Gasteiger partial charge in [-0.15, -0.1) is 0 Å². The zero-order valence-corrected chi connectivity index (χ0v) is 20.6. The smallest absolute Gasteiger partial charge is 0.288 e. The maximum atomic E-state index is 14.6. The second kappa shape index (κ2) is 9.15. The third kappa shape index (κ3) is 4.74. The molecule has 0 bridgehead atoms. The second-order valence-electron chi connectivity index (χ2n) is 8.90. The normalized spacial score (nSPS) is 17.2. The molecule has 1 unspecified atom stereocenters. The molecule has 1 amide bonds. The molecule has 1 atom stereocenters. The summed E-state index contributed by atoms with van der Waals surface area (Å²) in [7, 11) is 0. The molecule has 0 saturated heterocycles. The lowest BCUT2D eigenvalue weighted by atomic mass is 9.92. The number of hydrogen-bond donors (Lipinski definition) is 1. The maximum absolute atomic E-state index is 14.6. The van der Waals surface area contributed by atoms with Gasteiger partial charge < -0.3 is 0 Å². The molecular formula is C23H22ClF7N2OS. The highest BCUT2D eigenvalue weighted by Gasteiger charge is 2.73. The largest absolute Gasteiger partial charge is 0.435 e. The number of thioether (sulfide) groups is 1. The summed E-state index contributed by atoms with van der Waals surface area (Å²) in [5, 5.41) is 3.58. The second-order valence-corrected chi connectivity index (χ2v) is 10.2. The first-order valence-corrected chi connectivity index (χ1v) is 12.1. The van der Waals surface area contributed by atoms with E-state index in [1.165, 1.54) is 29.7 Å². The van der Waals surface area contributed by atoms with Gasteiger partial charge in [-0.05, 0) is 50.8 Å². The van der Waals surface area contributed by atoms with E-state index in [4.69, 9.17) is 11.6 Å². The quantitative estimate of drug-likeness (QED) is 0.388. The lowest BCUT2D eigenvalue weighted by molar-refractivity contribution is -0.348. The van der Waals surface area contributed by atoms with Crippen LogP contribution < -0.4 is 10.2 Å². The zero-order chi connectivity index (χ0) is 26.6. The van der Waals surface area contributed by atoms with Crippen molar-refractivity contribution in [3.63, 3.8) is 0 Å². The van der Waals surface area contributed by atoms with Crippen molar-refractivity contribution in [2.45, 2.75) is 50.5 Å². The number of halogens is 8. The number of nitrogens with one attached hydrogen (secondary N) is 1. The van der Waals surface area contributed by atoms with Crippen LogP contribution in [-0.2, 0) is 5.67 Å². The topological polar surface area (TPSA) is 32.3 Å². The van der Waals surface area contributed by atoms with Crippen molar-refractivity contribution in [1.29, 1.82) is 0 Å². The van der Waals surface area contributed by atoms with Gasteiger partial charge >= 0.3 is 18.0 Å². The van der Waals surface area contributed by atoms with Gasteiger partial charge in [0.2, 0.25) is 0 Å². The van der Waals surface area contributed by atoms with Crippen molar-refractivity contribution in [3.05, 3.63) is 63.7 Å². The van der Waals surface area contributed by atoms with Crippen LogP contribution in [-0.4, -0.2) is 35.8 Å². The molecule has 3 rings (SSSR count). The molecule has 3 nitrogen and oxygen atoms in total. The van der Waals surface area contributed by atoms with Gasteiger partial charge in [0, 0.05) is 38.7 Å². The van der Waals surface area contributed by atoms with E-state index in [1.54, 1.807) is 12.1 Å². The molecule has 0 aromatic heterocycles. The summed E-state index contributed by atoms with van der Waals surface area (Å²) >= 11 is 7.92. The van der Waals surface area contributed by atoms with Crippen molar-refractivity contribution in [2.24, 2.45) is 0 Å². The Balaban J connectivity index is 2.16. The van der Waals surface area contributed by atoms with Crippen LogP contribution in [0.3, 0.4) is 0 Å². The number of carbonyl (C=O) groups is 1. The fourth-order valence-electron chi connectivity index (χ4n) is 4.16. The Morgan fingerprint density at radius 2 is 1.63 bits per heavy atom. The molecule has 0 fully saturated rings. The van der Waals surface area contributed by atoms with Crippen LogP contribution in [0.25, 0.3) is 0 Å². The van der Waals surface area contributed by atoms with Crippen LogP contribution in [0.5, 0.6) is 0 Å². The summed E-state index contributed by atoms with van der Waals surface area (Å²) in [5.74, 6) is 0.0686. The van der Waals surface area contributed by atoms with Crippen LogP contribution in [0.15, 0.2) is 36.4 Å². The van der Waals surface area contributed by atoms with E-state index in [2.05, 4.69) is 5.32 Å². The number of carbonyl (C=O) groups excluding carboxylic acids is 1. The van der Waals surface area contributed by atoms with E-state index in [0.29, 0.717) is 23.4 Å². The Morgan fingerprint density at radius 1 is 1.03 bits per heavy atom. The van der Waals surface area contributed by atoms with Crippen LogP contribution in [0, 0.1) is 6.92 Å². The maximum Gasteiger partial charge on any atom is 0.435 e. The summed E-state index contributed by atoms with van der Waals surface area (Å²) < 4.78 is 94.0. The van der Waals surface area contributed by atoms with Gasteiger partial charge in [0.1, 0.15) is 6.17 Å². The zero-order valence-electron chi connectivity index (χ0n) is 19.0. The molecule has 35 heavy (non-hydrogen) atoms. The van der Waals surface area contributed by atoms with Gasteiger partial charge in [-0.2, -0.15) is 38.1 Å². The van der Waals surface area contributed by atoms with Gasteiger partial charge in [-0.25, -0.2) is 4.39 Å². The van der Waals surface area contributed by atoms with Crippen LogP contribution in [0.1, 0.15) is 47.1 Å². The molecular weight excluding hydrogens is 521 g/mol. The molecule has 192 valence electrons. The van der Waals surface area contributed by atoms with E-state index >= 15 is 0 Å². The first-order valence-electron chi connectivity index (χ1n) is 10.3. The summed E-state index contributed by atoms with van der Waals surface area (Å²) in [6.07, 6.45) is -11.5. The number of amides is 1. The molecule has 12 heteroatoms. The van der Waals surface area contributed by atoms with E-state index in [1.807, 2.05) is 20.1 Å². The molecule has 0 aliphatic carbocycles. The predicted octanol–water partition coefficient (Wildman–Crippen LogP) is 7.33. The van der Waals surface area contributed by atoms with Crippen molar-refractivity contribution in [2.75, 3.05) is 16.9 Å². The standard InChI is InChI=1S/C23H22ClF7N2OS/c1-12-10-13(21(25,22(26,27)28)23(29,30)31)8-9-16(12)33-18(32-20(2,3)11-35-4)17-14(19(33)34)6-5-7-15(17)24/h5-10,18,32H,11H2,1-4H3. The minimum atomic E-state index is -6.24. The van der Waals surface area contributed by atoms with E-state index in [0.717, 1.165) is 6.07 Å². The number of nitrogens with zero attached hydrogens (tertiary/aromatic N) is 1. The summed E-state index contributed by atoms with van der Waals surface area (Å²) in [6, 6.07) is 6.44. The Morgan fingerprint density at radius 3 is 2.14 bits per heavy atom. The first kappa shape index (κ1) is 27.6. The molecule has 1 aliphatic rings. The first-order chi connectivity index (χ1) is 16.0. The molecule has 0 radical (unpaired) electrons. The summed E-state index contributed by atoms with van der Waals surface area (Å²) in [6.45, 7) is 4.97. The van der Waals surface area contributed by atoms with Gasteiger partial charge in [0.25, 0.3) is 5.91 Å². The van der Waals surface area contributed by atoms with Gasteiger partial charge in [-0.3, -0.25) is 15.0 Å². The monoisotopic (exact) mass is 542 g/mol. The molecule has 0 spiro atoms. The van der Waals surface area contributed by atoms with Crippen molar-refractivity contribution in [1.82, 2.24) is 5.32 Å². The molecule has 1 heterocycles. The Bertz CT molecular complexity index is 1120. The lowest BCUT2D eigenvalue weighted by Gasteiger charge is -2.36. The fourth-order valence-corrected chi connectivity index (χ4v) is 5.25. The Labute approximate surface area is 207 Å². The number of hydrogen-bond acceptors (Lipinski definition) is 3. The Kier molecular flexibility index (Phi) is 7.22. The third-order valence-corrected chi connectivity index (χ3v) is 7.04. The van der Waals surface area contributed by atoms with E-state index in [9.17, 15) is 35.5 Å². The molecule has 2 aromatic rings. The Hall–Kier alpha value is -1.98. The van der Waals surface area contributed by atoms with Crippen molar-refractivity contribution >= 4 is 35.0 Å². The van der Waals surface area contributed by atoms with Crippen molar-refractivity contribution < 1.29 is 35.5 Å². The van der Waals surface area contributed by atoms with E-state index < -0.39 is 41.2 Å². The average molecular weight is 543 g/mol. The molecule has 2 aromatic carbocycles. The third-order valence-electron chi connectivity index (χ3n) is 5.70. The van der Waals surface area contributed by atoms with E-state index in [-0.39, 0.29) is 21.8 Å². The number of benzene rings is 2. The molecule has 0 saturated carbocycles. The molecule has 1 N–H and O–H groups in total. The fraction of sp³-hybridized carbons (Fsp3) is 0.435. The van der Waals surface area contributed by atoms with Gasteiger partial charge in [0.05, 0.1) is 0 Å². The van der Waals surface area contributed by atoms with Crippen molar-refractivity contribution in [3.8, 4) is 0 Å². The minimum Gasteiger partial charge on any atom is -0.288 e. The van der Waals surface area contributed by atoms with Crippen LogP contribution in [0.2, 0.25) is 5.02 Å². The minimum absolute atomic E-state index is 0.0233. The highest BCUT2D eigenvalue weighted by atomic mass is 35.5. The average Bonchev–Trinajstić information content (AvgIpc) is 2.97. The predicted molar refractivity (Wildman–Crippen MR) is 123 cm³/mol. The summed E-state index contributed by atoms with van der Waals surface area (Å²) in [5.41, 5.74) is -7.18. The van der Waals surface area contributed by atoms with Crippen LogP contribution >= 0.6 is 23.4 Å². The number of aryl methyl sites for hydroxylation is 1. The highest BCUT2D eigenvalue weighted by Crippen LogP contribution is 2.54. The number of alkyl halides is 7.